The maximum atomic E-state index is 12.7. The first kappa shape index (κ1) is 21.0. The lowest BCUT2D eigenvalue weighted by Crippen LogP contribution is -2.22. The van der Waals surface area contributed by atoms with Gasteiger partial charge in [0.1, 0.15) is 11.3 Å². The maximum absolute atomic E-state index is 12.7. The molecule has 3 N–H and O–H groups in total. The molecule has 29 heavy (non-hydrogen) atoms. The van der Waals surface area contributed by atoms with Gasteiger partial charge >= 0.3 is 0 Å². The summed E-state index contributed by atoms with van der Waals surface area (Å²) in [5.74, 6) is -0.346. The van der Waals surface area contributed by atoms with E-state index in [1.165, 1.54) is 0 Å². The van der Waals surface area contributed by atoms with Crippen LogP contribution in [-0.2, 0) is 12.0 Å². The molecule has 0 radical (unpaired) electrons. The van der Waals surface area contributed by atoms with Crippen LogP contribution in [0.5, 0.6) is 0 Å². The Balaban J connectivity index is 1.97. The van der Waals surface area contributed by atoms with Crippen molar-refractivity contribution in [3.05, 3.63) is 59.3 Å². The monoisotopic (exact) mass is 396 g/mol. The van der Waals surface area contributed by atoms with Gasteiger partial charge in [-0.15, -0.1) is 0 Å². The van der Waals surface area contributed by atoms with Crippen LogP contribution in [0.2, 0.25) is 0 Å². The summed E-state index contributed by atoms with van der Waals surface area (Å²) in [6.07, 6.45) is 4.82. The number of nitrogens with one attached hydrogen (secondary N) is 1. The van der Waals surface area contributed by atoms with Crippen molar-refractivity contribution in [2.75, 3.05) is 5.32 Å². The second-order valence-corrected chi connectivity index (χ2v) is 8.59. The standard InChI is InChI=1S/C22H28N4O3/c1-14-7-6-8-17(23-14)20(27)25-18-13-26-12-15(9-10-21(2,3)28)24-19(26)11-16(18)22(4,5)29/h6-8,11-13,28-29H,9-10H2,1-5H3,(H,25,27). The van der Waals surface area contributed by atoms with Gasteiger partial charge < -0.3 is 19.9 Å². The number of hydrogen-bond acceptors (Lipinski definition) is 5. The van der Waals surface area contributed by atoms with Gasteiger partial charge in [0.2, 0.25) is 0 Å². The van der Waals surface area contributed by atoms with E-state index in [1.807, 2.05) is 23.6 Å². The Morgan fingerprint density at radius 2 is 1.86 bits per heavy atom. The number of carbonyl (C=O) groups excluding carboxylic acids is 1. The van der Waals surface area contributed by atoms with E-state index in [2.05, 4.69) is 15.3 Å². The second-order valence-electron chi connectivity index (χ2n) is 8.59. The van der Waals surface area contributed by atoms with E-state index in [-0.39, 0.29) is 5.91 Å². The third-order valence-electron chi connectivity index (χ3n) is 4.66. The first-order chi connectivity index (χ1) is 13.4. The molecule has 0 aliphatic rings. The summed E-state index contributed by atoms with van der Waals surface area (Å²) in [7, 11) is 0. The van der Waals surface area contributed by atoms with Crippen molar-refractivity contribution in [2.45, 2.75) is 58.7 Å². The molecule has 0 aliphatic heterocycles. The number of aromatic nitrogens is 3. The number of nitrogens with zero attached hydrogens (tertiary/aromatic N) is 3. The summed E-state index contributed by atoms with van der Waals surface area (Å²) in [5, 5.41) is 23.5. The first-order valence-electron chi connectivity index (χ1n) is 9.64. The molecule has 0 atom stereocenters. The maximum Gasteiger partial charge on any atom is 0.274 e. The lowest BCUT2D eigenvalue weighted by molar-refractivity contribution is 0.0711. The quantitative estimate of drug-likeness (QED) is 0.594. The van der Waals surface area contributed by atoms with Crippen molar-refractivity contribution in [3.8, 4) is 0 Å². The molecule has 0 saturated carbocycles. The van der Waals surface area contributed by atoms with E-state index in [0.717, 1.165) is 11.4 Å². The number of carbonyl (C=O) groups is 1. The average Bonchev–Trinajstić information content (AvgIpc) is 3.00. The van der Waals surface area contributed by atoms with Crippen molar-refractivity contribution in [2.24, 2.45) is 0 Å². The predicted octanol–water partition coefficient (Wildman–Crippen LogP) is 3.22. The zero-order valence-corrected chi connectivity index (χ0v) is 17.5. The molecule has 0 spiro atoms. The SMILES string of the molecule is Cc1cccc(C(=O)Nc2cn3cc(CCC(C)(C)O)nc3cc2C(C)(C)O)n1. The molecule has 0 saturated heterocycles. The molecule has 3 aromatic rings. The van der Waals surface area contributed by atoms with E-state index in [0.29, 0.717) is 35.4 Å². The zero-order valence-electron chi connectivity index (χ0n) is 17.5. The molecule has 3 rings (SSSR count). The lowest BCUT2D eigenvalue weighted by atomic mass is 9.97. The highest BCUT2D eigenvalue weighted by Gasteiger charge is 2.24. The van der Waals surface area contributed by atoms with Crippen molar-refractivity contribution in [1.82, 2.24) is 14.4 Å². The normalized spacial score (nSPS) is 12.4. The summed E-state index contributed by atoms with van der Waals surface area (Å²) < 4.78 is 1.81. The Labute approximate surface area is 170 Å². The molecular formula is C22H28N4O3. The molecular weight excluding hydrogens is 368 g/mol. The van der Waals surface area contributed by atoms with E-state index in [4.69, 9.17) is 0 Å². The minimum absolute atomic E-state index is 0.309. The number of pyridine rings is 2. The molecule has 1 amide bonds. The third kappa shape index (κ3) is 5.19. The number of anilines is 1. The number of aliphatic hydroxyl groups is 2. The predicted molar refractivity (Wildman–Crippen MR) is 112 cm³/mol. The number of aryl methyl sites for hydroxylation is 2. The van der Waals surface area contributed by atoms with Gasteiger partial charge in [0, 0.05) is 23.7 Å². The Morgan fingerprint density at radius 3 is 2.48 bits per heavy atom. The molecule has 154 valence electrons. The van der Waals surface area contributed by atoms with E-state index < -0.39 is 11.2 Å². The highest BCUT2D eigenvalue weighted by atomic mass is 16.3. The number of fused-ring (bicyclic) bond motifs is 1. The van der Waals surface area contributed by atoms with Crippen molar-refractivity contribution >= 4 is 17.2 Å². The molecule has 3 aromatic heterocycles. The van der Waals surface area contributed by atoms with Crippen LogP contribution in [-0.4, -0.2) is 36.1 Å². The van der Waals surface area contributed by atoms with Gasteiger partial charge in [0.05, 0.1) is 22.6 Å². The van der Waals surface area contributed by atoms with Crippen molar-refractivity contribution in [3.63, 3.8) is 0 Å². The van der Waals surface area contributed by atoms with Crippen LogP contribution < -0.4 is 5.32 Å². The number of imidazole rings is 1. The Kier molecular flexibility index (Phi) is 5.47. The van der Waals surface area contributed by atoms with Gasteiger partial charge in [-0.3, -0.25) is 4.79 Å². The molecule has 0 aliphatic carbocycles. The third-order valence-corrected chi connectivity index (χ3v) is 4.66. The highest BCUT2D eigenvalue weighted by molar-refractivity contribution is 6.03. The van der Waals surface area contributed by atoms with Crippen LogP contribution in [0.15, 0.2) is 36.7 Å². The topological polar surface area (TPSA) is 99.8 Å². The zero-order chi connectivity index (χ0) is 21.4. The fourth-order valence-electron chi connectivity index (χ4n) is 3.10. The van der Waals surface area contributed by atoms with E-state index in [1.54, 1.807) is 52.1 Å². The summed E-state index contributed by atoms with van der Waals surface area (Å²) in [5.41, 5.74) is 1.66. The minimum Gasteiger partial charge on any atom is -0.390 e. The second kappa shape index (κ2) is 7.57. The molecule has 3 heterocycles. The van der Waals surface area contributed by atoms with Crippen molar-refractivity contribution < 1.29 is 15.0 Å². The smallest absolute Gasteiger partial charge is 0.274 e. The van der Waals surface area contributed by atoms with Gasteiger partial charge in [-0.05, 0) is 65.7 Å². The van der Waals surface area contributed by atoms with Crippen LogP contribution in [0.1, 0.15) is 61.6 Å². The highest BCUT2D eigenvalue weighted by Crippen LogP contribution is 2.30. The molecule has 0 bridgehead atoms. The van der Waals surface area contributed by atoms with Crippen LogP contribution in [0.3, 0.4) is 0 Å². The largest absolute Gasteiger partial charge is 0.390 e. The van der Waals surface area contributed by atoms with E-state index >= 15 is 0 Å². The van der Waals surface area contributed by atoms with Gasteiger partial charge in [-0.2, -0.15) is 0 Å². The van der Waals surface area contributed by atoms with Gasteiger partial charge in [0.15, 0.2) is 0 Å². The molecule has 0 fully saturated rings. The Hall–Kier alpha value is -2.77. The van der Waals surface area contributed by atoms with Gasteiger partial charge in [-0.25, -0.2) is 9.97 Å². The average molecular weight is 396 g/mol. The number of hydrogen-bond donors (Lipinski definition) is 3. The van der Waals surface area contributed by atoms with Gasteiger partial charge in [-0.1, -0.05) is 6.07 Å². The summed E-state index contributed by atoms with van der Waals surface area (Å²) in [4.78, 5) is 21.5. The first-order valence-corrected chi connectivity index (χ1v) is 9.64. The fourth-order valence-corrected chi connectivity index (χ4v) is 3.10. The van der Waals surface area contributed by atoms with Crippen LogP contribution >= 0.6 is 0 Å². The molecule has 0 aromatic carbocycles. The Morgan fingerprint density at radius 1 is 1.14 bits per heavy atom. The molecule has 7 heteroatoms. The van der Waals surface area contributed by atoms with Crippen LogP contribution in [0.4, 0.5) is 5.69 Å². The van der Waals surface area contributed by atoms with Crippen LogP contribution in [0, 0.1) is 6.92 Å². The minimum atomic E-state index is -1.18. The summed E-state index contributed by atoms with van der Waals surface area (Å²) >= 11 is 0. The summed E-state index contributed by atoms with van der Waals surface area (Å²) in [6.45, 7) is 8.69. The van der Waals surface area contributed by atoms with Crippen LogP contribution in [0.25, 0.3) is 5.65 Å². The lowest BCUT2D eigenvalue weighted by Gasteiger charge is -2.22. The fraction of sp³-hybridized carbons (Fsp3) is 0.409. The van der Waals surface area contributed by atoms with Crippen molar-refractivity contribution in [1.29, 1.82) is 0 Å². The van der Waals surface area contributed by atoms with E-state index in [9.17, 15) is 15.0 Å². The van der Waals surface area contributed by atoms with Gasteiger partial charge in [0.25, 0.3) is 5.91 Å². The Bertz CT molecular complexity index is 1040. The summed E-state index contributed by atoms with van der Waals surface area (Å²) in [6, 6.07) is 7.03. The number of rotatable bonds is 6. The number of amides is 1. The molecule has 0 unspecified atom stereocenters. The molecule has 7 nitrogen and oxygen atoms in total.